The summed E-state index contributed by atoms with van der Waals surface area (Å²) in [5, 5.41) is 17.0. The molecule has 0 spiro atoms. The maximum absolute atomic E-state index is 15.6. The molecule has 0 N–H and O–H groups in total. The first-order chi connectivity index (χ1) is 24.1. The number of hydrogen-bond acceptors (Lipinski definition) is 5. The van der Waals surface area contributed by atoms with Gasteiger partial charge in [-0.3, -0.25) is 0 Å². The minimum atomic E-state index is -0.946. The maximum atomic E-state index is 15.6. The van der Waals surface area contributed by atoms with Crippen LogP contribution in [0.2, 0.25) is 5.02 Å². The van der Waals surface area contributed by atoms with Gasteiger partial charge in [-0.15, -0.1) is 0 Å². The van der Waals surface area contributed by atoms with Gasteiger partial charge < -0.3 is 4.57 Å². The van der Waals surface area contributed by atoms with Crippen LogP contribution in [-0.2, 0) is 5.54 Å². The Balaban J connectivity index is 1.32. The molecule has 2 bridgehead atoms. The Morgan fingerprint density at radius 3 is 1.94 bits per heavy atom. The molecule has 3 aliphatic carbocycles. The maximum Gasteiger partial charge on any atom is 0.182 e. The number of pyridine rings is 1. The van der Waals surface area contributed by atoms with E-state index in [1.54, 1.807) is 6.20 Å². The highest BCUT2D eigenvalue weighted by atomic mass is 35.5. The highest BCUT2D eigenvalue weighted by Crippen LogP contribution is 2.52. The first-order valence-electron chi connectivity index (χ1n) is 16.7. The molecule has 2 atom stereocenters. The monoisotopic (exact) mass is 663 g/mol. The minimum absolute atomic E-state index is 0.139. The van der Waals surface area contributed by atoms with Crippen molar-refractivity contribution >= 4 is 33.7 Å². The second-order valence-corrected chi connectivity index (χ2v) is 13.7. The summed E-state index contributed by atoms with van der Waals surface area (Å²) in [6, 6.07) is 35.1. The van der Waals surface area contributed by atoms with Crippen molar-refractivity contribution in [3.05, 3.63) is 143 Å². The van der Waals surface area contributed by atoms with Gasteiger partial charge in [-0.05, 0) is 60.3 Å². The van der Waals surface area contributed by atoms with Crippen molar-refractivity contribution in [3.8, 4) is 17.6 Å². The fraction of sp³-hybridized carbons (Fsp3) is 0.225. The molecule has 0 saturated heterocycles. The Bertz CT molecular complexity index is 2260. The van der Waals surface area contributed by atoms with E-state index in [1.807, 2.05) is 69.9 Å². The standard InChI is InChI=1S/C40H31ClFN7/c41-30-20-31-35(37-44-23-33-34(42)24-48(39(33)46-37)36-26-18-16-25(17-19-26)32(36)21-43)47-49(38(31)45-22-30)40(27-10-4-1-5-11-27,28-12-6-2-7-13-28)29-14-8-3-9-15-29/h1-15,20,22-26,32,36H,16-19H2/t25?,26?,32-,36-/m1/s1. The molecule has 0 radical (unpaired) electrons. The van der Waals surface area contributed by atoms with Crippen LogP contribution >= 0.6 is 11.6 Å². The average Bonchev–Trinajstić information content (AvgIpc) is 3.70. The molecule has 0 amide bonds. The number of nitriles is 1. The summed E-state index contributed by atoms with van der Waals surface area (Å²) in [6.45, 7) is 0. The zero-order valence-electron chi connectivity index (χ0n) is 26.5. The summed E-state index contributed by atoms with van der Waals surface area (Å²) >= 11 is 6.62. The van der Waals surface area contributed by atoms with E-state index >= 15 is 4.39 Å². The number of rotatable bonds is 6. The molecule has 4 aromatic heterocycles. The largest absolute Gasteiger partial charge is 0.325 e. The quantitative estimate of drug-likeness (QED) is 0.166. The van der Waals surface area contributed by atoms with E-state index in [-0.39, 0.29) is 12.0 Å². The molecule has 3 saturated carbocycles. The summed E-state index contributed by atoms with van der Waals surface area (Å²) in [6.07, 6.45) is 8.84. The van der Waals surface area contributed by atoms with E-state index in [0.717, 1.165) is 42.4 Å². The van der Waals surface area contributed by atoms with Crippen LogP contribution in [0.1, 0.15) is 48.4 Å². The zero-order chi connectivity index (χ0) is 33.1. The van der Waals surface area contributed by atoms with Crippen molar-refractivity contribution in [3.63, 3.8) is 0 Å². The van der Waals surface area contributed by atoms with Gasteiger partial charge in [0.05, 0.1) is 33.8 Å². The van der Waals surface area contributed by atoms with Gasteiger partial charge in [0.1, 0.15) is 16.9 Å². The highest BCUT2D eigenvalue weighted by Gasteiger charge is 2.46. The summed E-state index contributed by atoms with van der Waals surface area (Å²) in [4.78, 5) is 14.6. The van der Waals surface area contributed by atoms with Crippen molar-refractivity contribution < 1.29 is 4.39 Å². The van der Waals surface area contributed by atoms with Crippen LogP contribution in [0.4, 0.5) is 4.39 Å². The molecule has 7 aromatic rings. The summed E-state index contributed by atoms with van der Waals surface area (Å²) < 4.78 is 19.4. The van der Waals surface area contributed by atoms with Crippen molar-refractivity contribution in [1.82, 2.24) is 29.3 Å². The van der Waals surface area contributed by atoms with Crippen LogP contribution < -0.4 is 0 Å². The first-order valence-corrected chi connectivity index (χ1v) is 17.1. The molecule has 0 unspecified atom stereocenters. The minimum Gasteiger partial charge on any atom is -0.325 e. The second-order valence-electron chi connectivity index (χ2n) is 13.2. The van der Waals surface area contributed by atoms with Crippen molar-refractivity contribution in [1.29, 1.82) is 5.26 Å². The summed E-state index contributed by atoms with van der Waals surface area (Å²) in [7, 11) is 0. The third kappa shape index (κ3) is 4.53. The van der Waals surface area contributed by atoms with Crippen LogP contribution in [-0.4, -0.2) is 29.3 Å². The second kappa shape index (κ2) is 11.6. The molecule has 4 heterocycles. The van der Waals surface area contributed by atoms with Gasteiger partial charge in [-0.25, -0.2) is 24.0 Å². The number of nitrogens with zero attached hydrogens (tertiary/aromatic N) is 7. The number of hydrogen-bond donors (Lipinski definition) is 0. The van der Waals surface area contributed by atoms with E-state index in [2.05, 4.69) is 42.5 Å². The van der Waals surface area contributed by atoms with E-state index in [0.29, 0.717) is 50.4 Å². The molecule has 240 valence electrons. The van der Waals surface area contributed by atoms with Gasteiger partial charge in [0.15, 0.2) is 17.3 Å². The molecule has 49 heavy (non-hydrogen) atoms. The Hall–Kier alpha value is -5.39. The Morgan fingerprint density at radius 2 is 1.35 bits per heavy atom. The summed E-state index contributed by atoms with van der Waals surface area (Å²) in [5.41, 5.74) is 3.56. The molecule has 3 aromatic carbocycles. The fourth-order valence-electron chi connectivity index (χ4n) is 8.61. The topological polar surface area (TPSA) is 85.2 Å². The summed E-state index contributed by atoms with van der Waals surface area (Å²) in [5.74, 6) is 0.367. The van der Waals surface area contributed by atoms with E-state index in [1.165, 1.54) is 12.4 Å². The van der Waals surface area contributed by atoms with Gasteiger partial charge >= 0.3 is 0 Å². The van der Waals surface area contributed by atoms with Gasteiger partial charge in [0.25, 0.3) is 0 Å². The lowest BCUT2D eigenvalue weighted by Gasteiger charge is -2.46. The third-order valence-electron chi connectivity index (χ3n) is 10.8. The van der Waals surface area contributed by atoms with Crippen molar-refractivity contribution in [2.24, 2.45) is 17.8 Å². The van der Waals surface area contributed by atoms with Crippen LogP contribution in [0.5, 0.6) is 0 Å². The van der Waals surface area contributed by atoms with Crippen LogP contribution in [0.25, 0.3) is 33.6 Å². The lowest BCUT2D eigenvalue weighted by atomic mass is 9.62. The van der Waals surface area contributed by atoms with E-state index < -0.39 is 11.4 Å². The average molecular weight is 664 g/mol. The Labute approximate surface area is 287 Å². The predicted octanol–water partition coefficient (Wildman–Crippen LogP) is 8.98. The highest BCUT2D eigenvalue weighted by molar-refractivity contribution is 6.31. The normalized spacial score (nSPS) is 20.5. The van der Waals surface area contributed by atoms with Crippen LogP contribution in [0.15, 0.2) is 116 Å². The molecule has 3 fully saturated rings. The van der Waals surface area contributed by atoms with Gasteiger partial charge in [-0.1, -0.05) is 103 Å². The van der Waals surface area contributed by atoms with Crippen molar-refractivity contribution in [2.75, 3.05) is 0 Å². The van der Waals surface area contributed by atoms with Crippen molar-refractivity contribution in [2.45, 2.75) is 37.3 Å². The molecular weight excluding hydrogens is 633 g/mol. The molecular formula is C40H31ClFN7. The number of fused-ring (bicyclic) bond motifs is 5. The Morgan fingerprint density at radius 1 is 0.755 bits per heavy atom. The zero-order valence-corrected chi connectivity index (χ0v) is 27.2. The lowest BCUT2D eigenvalue weighted by Crippen LogP contribution is -2.40. The number of halogens is 2. The molecule has 3 aliphatic rings. The molecule has 9 heteroatoms. The Kier molecular flexibility index (Phi) is 7.06. The van der Waals surface area contributed by atoms with Gasteiger partial charge in [-0.2, -0.15) is 10.4 Å². The lowest BCUT2D eigenvalue weighted by molar-refractivity contribution is 0.0640. The smallest absolute Gasteiger partial charge is 0.182 e. The molecule has 0 aliphatic heterocycles. The molecule has 7 nitrogen and oxygen atoms in total. The predicted molar refractivity (Wildman–Crippen MR) is 187 cm³/mol. The van der Waals surface area contributed by atoms with Crippen LogP contribution in [0.3, 0.4) is 0 Å². The number of benzene rings is 3. The SMILES string of the molecule is N#C[C@@H]1C2CCC(CC2)[C@H]1n1cc(F)c2cnc(-c3nn(C(c4ccccc4)(c4ccccc4)c4ccccc4)c4ncc(Cl)cc34)nc21. The van der Waals surface area contributed by atoms with Gasteiger partial charge in [0, 0.05) is 18.6 Å². The third-order valence-corrected chi connectivity index (χ3v) is 11.0. The first kappa shape index (κ1) is 29.7. The van der Waals surface area contributed by atoms with Gasteiger partial charge in [0.2, 0.25) is 0 Å². The van der Waals surface area contributed by atoms with E-state index in [4.69, 9.17) is 31.7 Å². The van der Waals surface area contributed by atoms with E-state index in [9.17, 15) is 5.26 Å². The molecule has 10 rings (SSSR count). The number of aromatic nitrogens is 6. The van der Waals surface area contributed by atoms with Crippen LogP contribution in [0, 0.1) is 34.9 Å². The fourth-order valence-corrected chi connectivity index (χ4v) is 8.77.